The zero-order valence-corrected chi connectivity index (χ0v) is 10.1. The minimum atomic E-state index is -0.824. The van der Waals surface area contributed by atoms with Crippen molar-refractivity contribution in [1.29, 1.82) is 0 Å². The van der Waals surface area contributed by atoms with E-state index in [9.17, 15) is 9.59 Å². The Labute approximate surface area is 109 Å². The normalized spacial score (nSPS) is 10.1. The summed E-state index contributed by atoms with van der Waals surface area (Å²) in [5.74, 6) is -0.895. The molecule has 0 bridgehead atoms. The number of rotatable bonds is 5. The van der Waals surface area contributed by atoms with Gasteiger partial charge in [-0.05, 0) is 36.2 Å². The number of carboxylic acid groups (broad SMARTS) is 1. The lowest BCUT2D eigenvalue weighted by Crippen LogP contribution is -2.10. The Morgan fingerprint density at radius 1 is 1.16 bits per heavy atom. The van der Waals surface area contributed by atoms with Crippen molar-refractivity contribution in [2.75, 3.05) is 5.32 Å². The van der Waals surface area contributed by atoms with Crippen molar-refractivity contribution in [3.8, 4) is 0 Å². The number of nitrogens with one attached hydrogen (secondary N) is 1. The summed E-state index contributed by atoms with van der Waals surface area (Å²) in [5, 5.41) is 11.3. The van der Waals surface area contributed by atoms with Crippen molar-refractivity contribution >= 4 is 17.6 Å². The van der Waals surface area contributed by atoms with E-state index in [0.29, 0.717) is 12.1 Å². The highest BCUT2D eigenvalue weighted by Gasteiger charge is 2.08. The Morgan fingerprint density at radius 3 is 2.47 bits per heavy atom. The lowest BCUT2D eigenvalue weighted by molar-refractivity contribution is -0.136. The van der Waals surface area contributed by atoms with Crippen molar-refractivity contribution in [1.82, 2.24) is 0 Å². The highest BCUT2D eigenvalue weighted by molar-refractivity contribution is 6.02. The summed E-state index contributed by atoms with van der Waals surface area (Å²) in [6.45, 7) is 0. The molecule has 0 unspecified atom stereocenters. The molecule has 1 heterocycles. The van der Waals surface area contributed by atoms with Crippen LogP contribution in [0.4, 0.5) is 5.69 Å². The van der Waals surface area contributed by atoms with Crippen LogP contribution < -0.4 is 5.32 Å². The second-order valence-corrected chi connectivity index (χ2v) is 4.02. The number of carbonyl (C=O) groups excluding carboxylic acids is 1. The van der Waals surface area contributed by atoms with E-state index in [1.807, 2.05) is 0 Å². The van der Waals surface area contributed by atoms with Gasteiger partial charge in [0.05, 0.1) is 6.26 Å². The summed E-state index contributed by atoms with van der Waals surface area (Å²) in [6.07, 6.45) is 2.00. The number of hydrogen-bond donors (Lipinski definition) is 2. The Kier molecular flexibility index (Phi) is 3.97. The van der Waals surface area contributed by atoms with E-state index in [-0.39, 0.29) is 18.1 Å². The summed E-state index contributed by atoms with van der Waals surface area (Å²) in [6, 6.07) is 10.3. The molecule has 98 valence electrons. The first kappa shape index (κ1) is 12.9. The van der Waals surface area contributed by atoms with Gasteiger partial charge in [-0.15, -0.1) is 0 Å². The van der Waals surface area contributed by atoms with E-state index in [1.165, 1.54) is 6.26 Å². The maximum Gasteiger partial charge on any atom is 0.303 e. The van der Waals surface area contributed by atoms with Crippen LogP contribution in [0.25, 0.3) is 0 Å². The van der Waals surface area contributed by atoms with Gasteiger partial charge in [-0.2, -0.15) is 0 Å². The molecule has 0 aliphatic heterocycles. The molecule has 5 heteroatoms. The van der Waals surface area contributed by atoms with E-state index in [0.717, 1.165) is 5.56 Å². The molecule has 0 spiro atoms. The minimum absolute atomic E-state index is 0.0953. The monoisotopic (exact) mass is 259 g/mol. The predicted molar refractivity (Wildman–Crippen MR) is 69.1 cm³/mol. The van der Waals surface area contributed by atoms with Crippen LogP contribution in [0.5, 0.6) is 0 Å². The maximum absolute atomic E-state index is 11.7. The lowest BCUT2D eigenvalue weighted by atomic mass is 10.1. The molecule has 1 amide bonds. The minimum Gasteiger partial charge on any atom is -0.481 e. The molecule has 2 N–H and O–H groups in total. The van der Waals surface area contributed by atoms with Crippen LogP contribution in [0.3, 0.4) is 0 Å². The molecule has 0 atom stereocenters. The number of benzene rings is 1. The molecule has 1 aromatic heterocycles. The molecule has 2 aromatic rings. The Hall–Kier alpha value is -2.56. The van der Waals surface area contributed by atoms with Gasteiger partial charge in [-0.3, -0.25) is 9.59 Å². The van der Waals surface area contributed by atoms with Crippen LogP contribution in [-0.4, -0.2) is 17.0 Å². The predicted octanol–water partition coefficient (Wildman–Crippen LogP) is 2.55. The van der Waals surface area contributed by atoms with Crippen LogP contribution in [0, 0.1) is 0 Å². The van der Waals surface area contributed by atoms with Crippen LogP contribution in [0.1, 0.15) is 22.5 Å². The number of carboxylic acids is 1. The maximum atomic E-state index is 11.7. The van der Waals surface area contributed by atoms with E-state index in [2.05, 4.69) is 5.32 Å². The van der Waals surface area contributed by atoms with Gasteiger partial charge in [0.1, 0.15) is 0 Å². The van der Waals surface area contributed by atoms with Crippen molar-refractivity contribution in [3.63, 3.8) is 0 Å². The summed E-state index contributed by atoms with van der Waals surface area (Å²) < 4.78 is 4.98. The molecule has 0 aliphatic carbocycles. The molecule has 2 rings (SSSR count). The molecular formula is C14H13NO4. The number of aliphatic carboxylic acids is 1. The van der Waals surface area contributed by atoms with Crippen molar-refractivity contribution in [3.05, 3.63) is 54.0 Å². The largest absolute Gasteiger partial charge is 0.481 e. The van der Waals surface area contributed by atoms with Crippen LogP contribution >= 0.6 is 0 Å². The highest BCUT2D eigenvalue weighted by Crippen LogP contribution is 2.12. The molecule has 1 aromatic carbocycles. The fourth-order valence-corrected chi connectivity index (χ4v) is 1.61. The number of anilines is 1. The standard InChI is InChI=1S/C14H13NO4/c16-13(17)8-5-10-3-6-11(7-4-10)15-14(18)12-2-1-9-19-12/h1-4,6-7,9H,5,8H2,(H,15,18)(H,16,17). The topological polar surface area (TPSA) is 79.5 Å². The average molecular weight is 259 g/mol. The third kappa shape index (κ3) is 3.70. The quantitative estimate of drug-likeness (QED) is 0.864. The number of hydrogen-bond acceptors (Lipinski definition) is 3. The van der Waals surface area contributed by atoms with Crippen molar-refractivity contribution in [2.24, 2.45) is 0 Å². The van der Waals surface area contributed by atoms with Crippen molar-refractivity contribution < 1.29 is 19.1 Å². The molecule has 0 aliphatic rings. The Bertz CT molecular complexity index is 558. The zero-order chi connectivity index (χ0) is 13.7. The van der Waals surface area contributed by atoms with Crippen LogP contribution in [0.15, 0.2) is 47.1 Å². The van der Waals surface area contributed by atoms with Gasteiger partial charge in [0, 0.05) is 12.1 Å². The molecular weight excluding hydrogens is 246 g/mol. The van der Waals surface area contributed by atoms with Gasteiger partial charge >= 0.3 is 5.97 Å². The van der Waals surface area contributed by atoms with Crippen LogP contribution in [0.2, 0.25) is 0 Å². The summed E-state index contributed by atoms with van der Waals surface area (Å²) in [7, 11) is 0. The molecule has 19 heavy (non-hydrogen) atoms. The van der Waals surface area contributed by atoms with Gasteiger partial charge in [0.2, 0.25) is 0 Å². The van der Waals surface area contributed by atoms with E-state index >= 15 is 0 Å². The van der Waals surface area contributed by atoms with E-state index in [4.69, 9.17) is 9.52 Å². The Balaban J connectivity index is 1.95. The van der Waals surface area contributed by atoms with Crippen LogP contribution in [-0.2, 0) is 11.2 Å². The van der Waals surface area contributed by atoms with Crippen molar-refractivity contribution in [2.45, 2.75) is 12.8 Å². The number of furan rings is 1. The van der Waals surface area contributed by atoms with E-state index < -0.39 is 5.97 Å². The van der Waals surface area contributed by atoms with Gasteiger partial charge in [0.15, 0.2) is 5.76 Å². The summed E-state index contributed by atoms with van der Waals surface area (Å²) >= 11 is 0. The fourth-order valence-electron chi connectivity index (χ4n) is 1.61. The summed E-state index contributed by atoms with van der Waals surface area (Å²) in [4.78, 5) is 22.1. The second-order valence-electron chi connectivity index (χ2n) is 4.02. The SMILES string of the molecule is O=C(O)CCc1ccc(NC(=O)c2ccco2)cc1. The molecule has 5 nitrogen and oxygen atoms in total. The Morgan fingerprint density at radius 2 is 1.89 bits per heavy atom. The lowest BCUT2D eigenvalue weighted by Gasteiger charge is -2.04. The molecule has 0 fully saturated rings. The smallest absolute Gasteiger partial charge is 0.303 e. The van der Waals surface area contributed by atoms with Gasteiger partial charge in [-0.25, -0.2) is 0 Å². The average Bonchev–Trinajstić information content (AvgIpc) is 2.92. The first-order valence-electron chi connectivity index (χ1n) is 5.81. The zero-order valence-electron chi connectivity index (χ0n) is 10.1. The fraction of sp³-hybridized carbons (Fsp3) is 0.143. The first-order valence-corrected chi connectivity index (χ1v) is 5.81. The summed E-state index contributed by atoms with van der Waals surface area (Å²) in [5.41, 5.74) is 1.55. The molecule has 0 saturated carbocycles. The molecule has 0 saturated heterocycles. The second kappa shape index (κ2) is 5.86. The van der Waals surface area contributed by atoms with E-state index in [1.54, 1.807) is 36.4 Å². The number of carbonyl (C=O) groups is 2. The third-order valence-electron chi connectivity index (χ3n) is 2.58. The highest BCUT2D eigenvalue weighted by atomic mass is 16.4. The molecule has 0 radical (unpaired) electrons. The van der Waals surface area contributed by atoms with Gasteiger partial charge < -0.3 is 14.8 Å². The number of aryl methyl sites for hydroxylation is 1. The van der Waals surface area contributed by atoms with Gasteiger partial charge in [-0.1, -0.05) is 12.1 Å². The van der Waals surface area contributed by atoms with Gasteiger partial charge in [0.25, 0.3) is 5.91 Å². The first-order chi connectivity index (χ1) is 9.15. The third-order valence-corrected chi connectivity index (χ3v) is 2.58. The number of amides is 1.